The summed E-state index contributed by atoms with van der Waals surface area (Å²) < 4.78 is 0. The topological polar surface area (TPSA) is 29.3 Å². The zero-order valence-corrected chi connectivity index (χ0v) is 12.5. The fraction of sp³-hybridized carbons (Fsp3) is 0.600. The molecule has 0 aromatic heterocycles. The van der Waals surface area contributed by atoms with Crippen LogP contribution in [0.15, 0.2) is 23.1 Å². The fourth-order valence-electron chi connectivity index (χ4n) is 2.67. The first kappa shape index (κ1) is 13.8. The largest absolute Gasteiger partial charge is 0.371 e. The standard InChI is InChI=1S/C15H24N2S/c1-4-18-15-7-5-6-14(13(15)8-16)17-9-11(2)12(3)10-17/h5-7,11-12H,4,8-10,16H2,1-3H3. The lowest BCUT2D eigenvalue weighted by atomic mass is 10.0. The molecule has 100 valence electrons. The lowest BCUT2D eigenvalue weighted by Crippen LogP contribution is -2.22. The van der Waals surface area contributed by atoms with Gasteiger partial charge in [-0.25, -0.2) is 0 Å². The highest BCUT2D eigenvalue weighted by Crippen LogP contribution is 2.34. The second-order valence-corrected chi connectivity index (χ2v) is 6.56. The minimum absolute atomic E-state index is 0.637. The number of rotatable bonds is 4. The number of thioether (sulfide) groups is 1. The molecule has 0 spiro atoms. The van der Waals surface area contributed by atoms with Crippen molar-refractivity contribution < 1.29 is 0 Å². The van der Waals surface area contributed by atoms with E-state index in [0.717, 1.165) is 30.7 Å². The molecule has 0 aliphatic carbocycles. The van der Waals surface area contributed by atoms with Gasteiger partial charge in [0.2, 0.25) is 0 Å². The zero-order chi connectivity index (χ0) is 13.1. The van der Waals surface area contributed by atoms with Crippen molar-refractivity contribution in [2.75, 3.05) is 23.7 Å². The molecule has 1 saturated heterocycles. The van der Waals surface area contributed by atoms with Crippen LogP contribution in [0.1, 0.15) is 26.3 Å². The number of hydrogen-bond acceptors (Lipinski definition) is 3. The van der Waals surface area contributed by atoms with Gasteiger partial charge in [0.15, 0.2) is 0 Å². The summed E-state index contributed by atoms with van der Waals surface area (Å²) in [6.45, 7) is 9.84. The quantitative estimate of drug-likeness (QED) is 0.846. The molecule has 1 aromatic carbocycles. The van der Waals surface area contributed by atoms with Gasteiger partial charge in [0, 0.05) is 35.8 Å². The van der Waals surface area contributed by atoms with E-state index in [1.807, 2.05) is 11.8 Å². The maximum Gasteiger partial charge on any atom is 0.0423 e. The first-order chi connectivity index (χ1) is 8.67. The number of anilines is 1. The minimum Gasteiger partial charge on any atom is -0.371 e. The van der Waals surface area contributed by atoms with Crippen molar-refractivity contribution in [3.63, 3.8) is 0 Å². The molecule has 1 fully saturated rings. The average molecular weight is 264 g/mol. The molecule has 3 heteroatoms. The molecule has 1 aliphatic rings. The van der Waals surface area contributed by atoms with E-state index >= 15 is 0 Å². The predicted octanol–water partition coefficient (Wildman–Crippen LogP) is 3.35. The summed E-state index contributed by atoms with van der Waals surface area (Å²) in [4.78, 5) is 3.86. The highest BCUT2D eigenvalue weighted by Gasteiger charge is 2.27. The Morgan fingerprint density at radius 1 is 1.28 bits per heavy atom. The molecule has 0 amide bonds. The molecule has 0 radical (unpaired) electrons. The van der Waals surface area contributed by atoms with E-state index in [-0.39, 0.29) is 0 Å². The van der Waals surface area contributed by atoms with Crippen molar-refractivity contribution in [3.8, 4) is 0 Å². The predicted molar refractivity (Wildman–Crippen MR) is 81.3 cm³/mol. The first-order valence-corrected chi connectivity index (χ1v) is 7.85. The van der Waals surface area contributed by atoms with Crippen LogP contribution in [0.3, 0.4) is 0 Å². The third-order valence-electron chi connectivity index (χ3n) is 3.94. The summed E-state index contributed by atoms with van der Waals surface area (Å²) in [6.07, 6.45) is 0. The van der Waals surface area contributed by atoms with Gasteiger partial charge >= 0.3 is 0 Å². The highest BCUT2D eigenvalue weighted by atomic mass is 32.2. The van der Waals surface area contributed by atoms with Gasteiger partial charge in [-0.3, -0.25) is 0 Å². The average Bonchev–Trinajstić information content (AvgIpc) is 2.69. The number of hydrogen-bond donors (Lipinski definition) is 1. The summed E-state index contributed by atoms with van der Waals surface area (Å²) in [6, 6.07) is 6.59. The molecular weight excluding hydrogens is 240 g/mol. The molecule has 2 rings (SSSR count). The summed E-state index contributed by atoms with van der Waals surface area (Å²) in [5.74, 6) is 2.65. The van der Waals surface area contributed by atoms with Gasteiger partial charge in [0.25, 0.3) is 0 Å². The van der Waals surface area contributed by atoms with Gasteiger partial charge in [-0.15, -0.1) is 11.8 Å². The maximum absolute atomic E-state index is 5.98. The van der Waals surface area contributed by atoms with Crippen LogP contribution in [0.5, 0.6) is 0 Å². The smallest absolute Gasteiger partial charge is 0.0423 e. The summed E-state index contributed by atoms with van der Waals surface area (Å²) >= 11 is 1.89. The molecule has 0 saturated carbocycles. The van der Waals surface area contributed by atoms with E-state index < -0.39 is 0 Å². The van der Waals surface area contributed by atoms with E-state index in [9.17, 15) is 0 Å². The van der Waals surface area contributed by atoms with Gasteiger partial charge in [-0.2, -0.15) is 0 Å². The Labute approximate surface area is 115 Å². The molecule has 2 atom stereocenters. The molecule has 1 aromatic rings. The molecule has 2 nitrogen and oxygen atoms in total. The lowest BCUT2D eigenvalue weighted by molar-refractivity contribution is 0.494. The Bertz CT molecular complexity index is 395. The monoisotopic (exact) mass is 264 g/mol. The molecular formula is C15H24N2S. The van der Waals surface area contributed by atoms with Crippen molar-refractivity contribution >= 4 is 17.4 Å². The van der Waals surface area contributed by atoms with Crippen LogP contribution in [0.2, 0.25) is 0 Å². The maximum atomic E-state index is 5.98. The molecule has 0 bridgehead atoms. The van der Waals surface area contributed by atoms with Gasteiger partial charge in [0.05, 0.1) is 0 Å². The number of nitrogens with two attached hydrogens (primary N) is 1. The normalized spacial score (nSPS) is 23.7. The Hall–Kier alpha value is -0.670. The van der Waals surface area contributed by atoms with E-state index in [4.69, 9.17) is 5.73 Å². The van der Waals surface area contributed by atoms with E-state index in [1.165, 1.54) is 16.1 Å². The molecule has 18 heavy (non-hydrogen) atoms. The Balaban J connectivity index is 2.30. The van der Waals surface area contributed by atoms with E-state index in [2.05, 4.69) is 43.9 Å². The van der Waals surface area contributed by atoms with Crippen LogP contribution < -0.4 is 10.6 Å². The first-order valence-electron chi connectivity index (χ1n) is 6.87. The van der Waals surface area contributed by atoms with E-state index in [1.54, 1.807) is 0 Å². The van der Waals surface area contributed by atoms with E-state index in [0.29, 0.717) is 6.54 Å². The minimum atomic E-state index is 0.637. The van der Waals surface area contributed by atoms with Crippen molar-refractivity contribution in [1.82, 2.24) is 0 Å². The van der Waals surface area contributed by atoms with Crippen molar-refractivity contribution in [2.45, 2.75) is 32.2 Å². The molecule has 2 unspecified atom stereocenters. The summed E-state index contributed by atoms with van der Waals surface area (Å²) in [5.41, 5.74) is 8.66. The van der Waals surface area contributed by atoms with Crippen LogP contribution in [-0.2, 0) is 6.54 Å². The number of benzene rings is 1. The van der Waals surface area contributed by atoms with Gasteiger partial charge < -0.3 is 10.6 Å². The third-order valence-corrected chi connectivity index (χ3v) is 4.92. The Kier molecular flexibility index (Phi) is 4.57. The lowest BCUT2D eigenvalue weighted by Gasteiger charge is -2.23. The zero-order valence-electron chi connectivity index (χ0n) is 11.6. The van der Waals surface area contributed by atoms with Crippen molar-refractivity contribution in [3.05, 3.63) is 23.8 Å². The second kappa shape index (κ2) is 5.98. The van der Waals surface area contributed by atoms with Crippen LogP contribution >= 0.6 is 11.8 Å². The SMILES string of the molecule is CCSc1cccc(N2CC(C)C(C)C2)c1CN. The highest BCUT2D eigenvalue weighted by molar-refractivity contribution is 7.99. The molecule has 1 heterocycles. The van der Waals surface area contributed by atoms with Crippen LogP contribution in [0.25, 0.3) is 0 Å². The fourth-order valence-corrected chi connectivity index (χ4v) is 3.52. The summed E-state index contributed by atoms with van der Waals surface area (Å²) in [5, 5.41) is 0. The molecule has 1 aliphatic heterocycles. The van der Waals surface area contributed by atoms with Crippen molar-refractivity contribution in [2.24, 2.45) is 17.6 Å². The second-order valence-electron chi connectivity index (χ2n) is 5.25. The van der Waals surface area contributed by atoms with Gasteiger partial charge in [0.1, 0.15) is 0 Å². The van der Waals surface area contributed by atoms with Crippen molar-refractivity contribution in [1.29, 1.82) is 0 Å². The van der Waals surface area contributed by atoms with Crippen LogP contribution in [-0.4, -0.2) is 18.8 Å². The van der Waals surface area contributed by atoms with Crippen LogP contribution in [0, 0.1) is 11.8 Å². The number of nitrogens with zero attached hydrogens (tertiary/aromatic N) is 1. The molecule has 2 N–H and O–H groups in total. The van der Waals surface area contributed by atoms with Gasteiger partial charge in [-0.1, -0.05) is 26.8 Å². The van der Waals surface area contributed by atoms with Crippen LogP contribution in [0.4, 0.5) is 5.69 Å². The van der Waals surface area contributed by atoms with Gasteiger partial charge in [-0.05, 0) is 29.7 Å². The summed E-state index contributed by atoms with van der Waals surface area (Å²) in [7, 11) is 0. The third kappa shape index (κ3) is 2.67. The Morgan fingerprint density at radius 3 is 2.50 bits per heavy atom. The Morgan fingerprint density at radius 2 is 1.94 bits per heavy atom.